The molecule has 2 heterocycles. The van der Waals surface area contributed by atoms with E-state index in [2.05, 4.69) is 17.1 Å². The van der Waals surface area contributed by atoms with Gasteiger partial charge < -0.3 is 15.0 Å². The lowest BCUT2D eigenvalue weighted by Gasteiger charge is -2.39. The number of ether oxygens (including phenoxy) is 1. The fourth-order valence-electron chi connectivity index (χ4n) is 3.71. The molecule has 0 aromatic heterocycles. The Morgan fingerprint density at radius 1 is 1.30 bits per heavy atom. The van der Waals surface area contributed by atoms with Gasteiger partial charge in [-0.25, -0.2) is 0 Å². The van der Waals surface area contributed by atoms with Gasteiger partial charge in [0.25, 0.3) is 0 Å². The van der Waals surface area contributed by atoms with Crippen molar-refractivity contribution in [3.8, 4) is 0 Å². The highest BCUT2D eigenvalue weighted by atomic mass is 16.5. The van der Waals surface area contributed by atoms with Gasteiger partial charge in [-0.15, -0.1) is 0 Å². The van der Waals surface area contributed by atoms with E-state index in [0.717, 1.165) is 51.4 Å². The Morgan fingerprint density at radius 2 is 2.05 bits per heavy atom. The van der Waals surface area contributed by atoms with Gasteiger partial charge in [0.2, 0.25) is 5.91 Å². The second-order valence-corrected chi connectivity index (χ2v) is 6.46. The van der Waals surface area contributed by atoms with Crippen molar-refractivity contribution in [2.75, 3.05) is 39.9 Å². The van der Waals surface area contributed by atoms with E-state index in [0.29, 0.717) is 12.5 Å². The zero-order chi connectivity index (χ0) is 14.4. The molecular weight excluding hydrogens is 252 g/mol. The average molecular weight is 282 g/mol. The van der Waals surface area contributed by atoms with Crippen molar-refractivity contribution in [1.29, 1.82) is 0 Å². The average Bonchev–Trinajstić information content (AvgIpc) is 2.73. The number of methoxy groups -OCH3 is 1. The number of rotatable bonds is 4. The van der Waals surface area contributed by atoms with Crippen LogP contribution in [0.2, 0.25) is 0 Å². The second kappa shape index (κ2) is 7.41. The third-order valence-electron chi connectivity index (χ3n) is 5.15. The van der Waals surface area contributed by atoms with Gasteiger partial charge >= 0.3 is 0 Å². The minimum absolute atomic E-state index is 0.272. The van der Waals surface area contributed by atoms with Crippen molar-refractivity contribution < 1.29 is 9.53 Å². The molecule has 2 fully saturated rings. The summed E-state index contributed by atoms with van der Waals surface area (Å²) < 4.78 is 5.39. The Balaban J connectivity index is 2.03. The maximum atomic E-state index is 13.0. The molecular formula is C16H30N2O2. The Bertz CT molecular complexity index is 308. The molecule has 0 bridgehead atoms. The molecule has 4 heteroatoms. The smallest absolute Gasteiger partial charge is 0.231 e. The van der Waals surface area contributed by atoms with Crippen LogP contribution in [0.25, 0.3) is 0 Å². The van der Waals surface area contributed by atoms with E-state index in [-0.39, 0.29) is 5.41 Å². The normalized spacial score (nSPS) is 27.1. The van der Waals surface area contributed by atoms with Crippen molar-refractivity contribution in [2.45, 2.75) is 45.4 Å². The van der Waals surface area contributed by atoms with E-state index in [1.807, 2.05) is 0 Å². The molecule has 1 unspecified atom stereocenters. The van der Waals surface area contributed by atoms with Gasteiger partial charge in [0.05, 0.1) is 12.0 Å². The first-order chi connectivity index (χ1) is 9.72. The summed E-state index contributed by atoms with van der Waals surface area (Å²) in [6.07, 6.45) is 6.67. The van der Waals surface area contributed by atoms with E-state index in [4.69, 9.17) is 4.74 Å². The van der Waals surface area contributed by atoms with Crippen LogP contribution in [0.15, 0.2) is 0 Å². The third kappa shape index (κ3) is 3.53. The molecule has 0 aliphatic carbocycles. The van der Waals surface area contributed by atoms with Crippen LogP contribution in [0.1, 0.15) is 45.4 Å². The first-order valence-corrected chi connectivity index (χ1v) is 8.21. The number of amides is 1. The number of hydrogen-bond acceptors (Lipinski definition) is 3. The Labute approximate surface area is 123 Å². The van der Waals surface area contributed by atoms with Gasteiger partial charge in [0, 0.05) is 20.2 Å². The van der Waals surface area contributed by atoms with Crippen LogP contribution in [-0.2, 0) is 9.53 Å². The summed E-state index contributed by atoms with van der Waals surface area (Å²) >= 11 is 0. The Kier molecular flexibility index (Phi) is 5.85. The molecule has 2 rings (SSSR count). The van der Waals surface area contributed by atoms with Crippen molar-refractivity contribution in [3.63, 3.8) is 0 Å². The molecule has 0 radical (unpaired) electrons. The number of nitrogens with one attached hydrogen (secondary N) is 1. The molecule has 2 aliphatic heterocycles. The van der Waals surface area contributed by atoms with Crippen molar-refractivity contribution in [3.05, 3.63) is 0 Å². The van der Waals surface area contributed by atoms with Crippen molar-refractivity contribution >= 4 is 5.91 Å². The number of hydrogen-bond donors (Lipinski definition) is 1. The number of carbonyl (C=O) groups is 1. The van der Waals surface area contributed by atoms with Crippen LogP contribution in [0.4, 0.5) is 0 Å². The summed E-state index contributed by atoms with van der Waals surface area (Å²) in [5, 5.41) is 3.36. The monoisotopic (exact) mass is 282 g/mol. The van der Waals surface area contributed by atoms with Crippen molar-refractivity contribution in [2.24, 2.45) is 11.3 Å². The molecule has 0 saturated carbocycles. The molecule has 20 heavy (non-hydrogen) atoms. The largest absolute Gasteiger partial charge is 0.384 e. The summed E-state index contributed by atoms with van der Waals surface area (Å²) in [5.41, 5.74) is -0.272. The van der Waals surface area contributed by atoms with Crippen LogP contribution in [0.5, 0.6) is 0 Å². The lowest BCUT2D eigenvalue weighted by molar-refractivity contribution is -0.147. The van der Waals surface area contributed by atoms with Crippen LogP contribution >= 0.6 is 0 Å². The lowest BCUT2D eigenvalue weighted by Crippen LogP contribution is -2.51. The maximum Gasteiger partial charge on any atom is 0.231 e. The molecule has 0 aromatic carbocycles. The van der Waals surface area contributed by atoms with Crippen LogP contribution in [-0.4, -0.2) is 50.7 Å². The highest BCUT2D eigenvalue weighted by Gasteiger charge is 2.42. The molecule has 2 saturated heterocycles. The predicted octanol–water partition coefficient (Wildman–Crippen LogP) is 2.04. The van der Waals surface area contributed by atoms with Crippen LogP contribution in [0.3, 0.4) is 0 Å². The molecule has 2 aliphatic rings. The molecule has 1 N–H and O–H groups in total. The highest BCUT2D eigenvalue weighted by Crippen LogP contribution is 2.33. The van der Waals surface area contributed by atoms with E-state index in [9.17, 15) is 4.79 Å². The van der Waals surface area contributed by atoms with E-state index in [1.54, 1.807) is 7.11 Å². The fraction of sp³-hybridized carbons (Fsp3) is 0.938. The van der Waals surface area contributed by atoms with Crippen LogP contribution < -0.4 is 5.32 Å². The summed E-state index contributed by atoms with van der Waals surface area (Å²) in [6, 6.07) is 0. The zero-order valence-corrected chi connectivity index (χ0v) is 13.1. The molecule has 1 atom stereocenters. The summed E-state index contributed by atoms with van der Waals surface area (Å²) in [5.74, 6) is 1.15. The van der Waals surface area contributed by atoms with Gasteiger partial charge in [-0.2, -0.15) is 0 Å². The summed E-state index contributed by atoms with van der Waals surface area (Å²) in [7, 11) is 1.71. The summed E-state index contributed by atoms with van der Waals surface area (Å²) in [6.45, 7) is 6.58. The standard InChI is InChI=1S/C16H30N2O2/c1-3-14-5-4-11-18(12-6-14)15(19)16(13-20-2)7-9-17-10-8-16/h14,17H,3-13H2,1-2H3. The minimum atomic E-state index is -0.272. The third-order valence-corrected chi connectivity index (χ3v) is 5.15. The molecule has 0 spiro atoms. The molecule has 0 aromatic rings. The molecule has 116 valence electrons. The fourth-order valence-corrected chi connectivity index (χ4v) is 3.71. The van der Waals surface area contributed by atoms with E-state index >= 15 is 0 Å². The zero-order valence-electron chi connectivity index (χ0n) is 13.1. The van der Waals surface area contributed by atoms with Crippen LogP contribution in [0, 0.1) is 11.3 Å². The highest BCUT2D eigenvalue weighted by molar-refractivity contribution is 5.83. The van der Waals surface area contributed by atoms with E-state index in [1.165, 1.54) is 19.3 Å². The van der Waals surface area contributed by atoms with Crippen molar-refractivity contribution in [1.82, 2.24) is 10.2 Å². The van der Waals surface area contributed by atoms with Gasteiger partial charge in [-0.05, 0) is 51.1 Å². The lowest BCUT2D eigenvalue weighted by atomic mass is 9.78. The summed E-state index contributed by atoms with van der Waals surface area (Å²) in [4.78, 5) is 15.2. The maximum absolute atomic E-state index is 13.0. The Morgan fingerprint density at radius 3 is 2.70 bits per heavy atom. The second-order valence-electron chi connectivity index (χ2n) is 6.46. The Hall–Kier alpha value is -0.610. The molecule has 1 amide bonds. The quantitative estimate of drug-likeness (QED) is 0.858. The number of piperidine rings is 1. The first-order valence-electron chi connectivity index (χ1n) is 8.21. The van der Waals surface area contributed by atoms with Gasteiger partial charge in [0.15, 0.2) is 0 Å². The number of likely N-dealkylation sites (tertiary alicyclic amines) is 1. The first kappa shape index (κ1) is 15.8. The van der Waals surface area contributed by atoms with Gasteiger partial charge in [0.1, 0.15) is 0 Å². The predicted molar refractivity (Wildman–Crippen MR) is 80.6 cm³/mol. The van der Waals surface area contributed by atoms with Gasteiger partial charge in [-0.3, -0.25) is 4.79 Å². The van der Waals surface area contributed by atoms with E-state index < -0.39 is 0 Å². The number of nitrogens with zero attached hydrogens (tertiary/aromatic N) is 1. The topological polar surface area (TPSA) is 41.6 Å². The number of carbonyl (C=O) groups excluding carboxylic acids is 1. The van der Waals surface area contributed by atoms with Gasteiger partial charge in [-0.1, -0.05) is 13.3 Å². The SMILES string of the molecule is CCC1CCCN(C(=O)C2(COC)CCNCC2)CC1. The minimum Gasteiger partial charge on any atom is -0.384 e. The molecule has 4 nitrogen and oxygen atoms in total.